The van der Waals surface area contributed by atoms with Crippen LogP contribution in [0.3, 0.4) is 0 Å². The first-order chi connectivity index (χ1) is 17.8. The summed E-state index contributed by atoms with van der Waals surface area (Å²) in [5.74, 6) is -0.0354. The van der Waals surface area contributed by atoms with Gasteiger partial charge in [-0.2, -0.15) is 4.37 Å². The van der Waals surface area contributed by atoms with Crippen molar-refractivity contribution in [2.24, 2.45) is 0 Å². The maximum absolute atomic E-state index is 12.4. The van der Waals surface area contributed by atoms with Gasteiger partial charge in [-0.05, 0) is 65.4 Å². The molecule has 5 rings (SSSR count). The van der Waals surface area contributed by atoms with Crippen LogP contribution in [0, 0.1) is 0 Å². The van der Waals surface area contributed by atoms with E-state index in [1.165, 1.54) is 18.5 Å². The molecular weight excluding hydrogens is 490 g/mol. The third-order valence-electron chi connectivity index (χ3n) is 5.48. The molecule has 0 aliphatic heterocycles. The number of benzene rings is 4. The lowest BCUT2D eigenvalue weighted by Gasteiger charge is -2.11. The zero-order chi connectivity index (χ0) is 26.5. The van der Waals surface area contributed by atoms with Crippen molar-refractivity contribution in [3.8, 4) is 11.5 Å². The summed E-state index contributed by atoms with van der Waals surface area (Å²) in [5.41, 5.74) is 14.2. The van der Waals surface area contributed by atoms with Crippen LogP contribution in [-0.2, 0) is 4.79 Å². The van der Waals surface area contributed by atoms with E-state index in [0.717, 1.165) is 22.0 Å². The smallest absolute Gasteiger partial charge is 0.259 e. The number of phenols is 1. The van der Waals surface area contributed by atoms with Gasteiger partial charge in [-0.25, -0.2) is 0 Å². The van der Waals surface area contributed by atoms with Gasteiger partial charge < -0.3 is 31.9 Å². The van der Waals surface area contributed by atoms with Crippen LogP contribution in [0.2, 0.25) is 0 Å². The van der Waals surface area contributed by atoms with Gasteiger partial charge in [0.25, 0.3) is 5.91 Å². The maximum Gasteiger partial charge on any atom is 0.259 e. The van der Waals surface area contributed by atoms with E-state index in [0.29, 0.717) is 21.8 Å². The van der Waals surface area contributed by atoms with Crippen molar-refractivity contribution in [2.45, 2.75) is 6.92 Å². The Balaban J connectivity index is 0.000000195. The van der Waals surface area contributed by atoms with Crippen LogP contribution < -0.4 is 26.8 Å². The number of nitrogens with one attached hydrogen (secondary N) is 2. The van der Waals surface area contributed by atoms with Crippen molar-refractivity contribution in [1.29, 1.82) is 0 Å². The third kappa shape index (κ3) is 5.71. The topological polar surface area (TPSA) is 153 Å². The number of amides is 2. The second-order valence-corrected chi connectivity index (χ2v) is 8.86. The largest absolute Gasteiger partial charge is 0.505 e. The molecule has 2 amide bonds. The fraction of sp³-hybridized carbons (Fsp3) is 0.0741. The van der Waals surface area contributed by atoms with Gasteiger partial charge in [-0.1, -0.05) is 24.3 Å². The Morgan fingerprint density at radius 2 is 1.62 bits per heavy atom. The Morgan fingerprint density at radius 3 is 2.32 bits per heavy atom. The molecule has 188 valence electrons. The fourth-order valence-corrected chi connectivity index (χ4v) is 4.27. The van der Waals surface area contributed by atoms with Crippen molar-refractivity contribution in [3.63, 3.8) is 0 Å². The van der Waals surface area contributed by atoms with Crippen LogP contribution in [-0.4, -0.2) is 28.4 Å². The lowest BCUT2D eigenvalue weighted by molar-refractivity contribution is -0.114. The first kappa shape index (κ1) is 25.3. The highest BCUT2D eigenvalue weighted by atomic mass is 32.1. The average molecular weight is 516 g/mol. The molecule has 9 nitrogen and oxygen atoms in total. The van der Waals surface area contributed by atoms with Gasteiger partial charge in [-0.3, -0.25) is 9.59 Å². The second kappa shape index (κ2) is 10.8. The van der Waals surface area contributed by atoms with Gasteiger partial charge in [0.15, 0.2) is 5.75 Å². The molecule has 1 heterocycles. The Labute approximate surface area is 216 Å². The monoisotopic (exact) mass is 515 g/mol. The number of methoxy groups -OCH3 is 1. The van der Waals surface area contributed by atoms with Crippen LogP contribution in [0.15, 0.2) is 72.8 Å². The fourth-order valence-electron chi connectivity index (χ4n) is 3.65. The van der Waals surface area contributed by atoms with E-state index in [1.807, 2.05) is 36.4 Å². The molecule has 0 saturated carbocycles. The number of carbonyl (C=O) groups is 2. The summed E-state index contributed by atoms with van der Waals surface area (Å²) in [6.07, 6.45) is 0. The van der Waals surface area contributed by atoms with Gasteiger partial charge in [0.1, 0.15) is 10.8 Å². The molecule has 1 aromatic heterocycles. The number of nitrogen functional groups attached to an aromatic ring is 2. The lowest BCUT2D eigenvalue weighted by atomic mass is 10.0. The predicted molar refractivity (Wildman–Crippen MR) is 149 cm³/mol. The molecule has 0 bridgehead atoms. The Kier molecular flexibility index (Phi) is 7.40. The van der Waals surface area contributed by atoms with Crippen molar-refractivity contribution < 1.29 is 19.4 Å². The molecule has 5 aromatic rings. The van der Waals surface area contributed by atoms with Crippen LogP contribution >= 0.6 is 11.5 Å². The molecule has 0 atom stereocenters. The standard InChI is InChI=1S/C18H16N2O3.C9H9N3OS/c1-23-13-8-6-12(7-9-13)20-18(22)15-10-11-4-2-3-5-14(11)16(19)17(15)21;1-5(13)11-6-2-3-8-7(4-6)9(10)14-12-8/h2-10,21H,19H2,1H3,(H,20,22);2-4H,10H2,1H3,(H,11,13). The summed E-state index contributed by atoms with van der Waals surface area (Å²) in [4.78, 5) is 23.2. The molecule has 10 heteroatoms. The number of ether oxygens (including phenoxy) is 1. The van der Waals surface area contributed by atoms with E-state index in [9.17, 15) is 14.7 Å². The summed E-state index contributed by atoms with van der Waals surface area (Å²) < 4.78 is 9.22. The maximum atomic E-state index is 12.4. The Morgan fingerprint density at radius 1 is 0.919 bits per heavy atom. The number of phenolic OH excluding ortho intramolecular Hbond substituents is 1. The second-order valence-electron chi connectivity index (χ2n) is 8.05. The van der Waals surface area contributed by atoms with E-state index >= 15 is 0 Å². The third-order valence-corrected chi connectivity index (χ3v) is 6.18. The van der Waals surface area contributed by atoms with Crippen LogP contribution in [0.5, 0.6) is 11.5 Å². The molecule has 4 aromatic carbocycles. The minimum absolute atomic E-state index is 0.0916. The first-order valence-corrected chi connectivity index (χ1v) is 11.9. The number of nitrogens with two attached hydrogens (primary N) is 2. The van der Waals surface area contributed by atoms with Crippen molar-refractivity contribution >= 4 is 67.1 Å². The molecule has 0 spiro atoms. The van der Waals surface area contributed by atoms with Crippen molar-refractivity contribution in [1.82, 2.24) is 4.37 Å². The molecule has 0 aliphatic carbocycles. The minimum atomic E-state index is -0.426. The Bertz CT molecular complexity index is 1600. The van der Waals surface area contributed by atoms with Gasteiger partial charge in [0.05, 0.1) is 23.9 Å². The van der Waals surface area contributed by atoms with E-state index in [-0.39, 0.29) is 22.9 Å². The van der Waals surface area contributed by atoms with Crippen LogP contribution in [0.25, 0.3) is 21.7 Å². The zero-order valence-corrected chi connectivity index (χ0v) is 20.9. The molecule has 37 heavy (non-hydrogen) atoms. The molecule has 7 N–H and O–H groups in total. The van der Waals surface area contributed by atoms with Crippen molar-refractivity contribution in [3.05, 3.63) is 78.4 Å². The zero-order valence-electron chi connectivity index (χ0n) is 20.1. The van der Waals surface area contributed by atoms with Gasteiger partial charge >= 0.3 is 0 Å². The molecule has 0 aliphatic rings. The van der Waals surface area contributed by atoms with Gasteiger partial charge in [0, 0.05) is 29.1 Å². The summed E-state index contributed by atoms with van der Waals surface area (Å²) >= 11 is 1.26. The molecule has 0 unspecified atom stereocenters. The predicted octanol–water partition coefficient (Wildman–Crippen LogP) is 5.23. The minimum Gasteiger partial charge on any atom is -0.505 e. The first-order valence-electron chi connectivity index (χ1n) is 11.1. The summed E-state index contributed by atoms with van der Waals surface area (Å²) in [7, 11) is 1.57. The highest BCUT2D eigenvalue weighted by Crippen LogP contribution is 2.34. The van der Waals surface area contributed by atoms with E-state index in [1.54, 1.807) is 43.5 Å². The molecule has 0 fully saturated rings. The molecule has 0 saturated heterocycles. The highest BCUT2D eigenvalue weighted by Gasteiger charge is 2.16. The van der Waals surface area contributed by atoms with E-state index in [2.05, 4.69) is 15.0 Å². The lowest BCUT2D eigenvalue weighted by Crippen LogP contribution is -2.12. The molecule has 0 radical (unpaired) electrons. The number of hydrogen-bond donors (Lipinski definition) is 5. The number of rotatable bonds is 4. The summed E-state index contributed by atoms with van der Waals surface area (Å²) in [6.45, 7) is 1.47. The number of anilines is 4. The van der Waals surface area contributed by atoms with Crippen LogP contribution in [0.4, 0.5) is 22.1 Å². The average Bonchev–Trinajstić information content (AvgIpc) is 3.26. The van der Waals surface area contributed by atoms with Crippen LogP contribution in [0.1, 0.15) is 17.3 Å². The number of nitrogens with zero attached hydrogens (tertiary/aromatic N) is 1. The summed E-state index contributed by atoms with van der Waals surface area (Å²) in [5, 5.41) is 18.7. The molecular formula is C27H25N5O4S. The van der Waals surface area contributed by atoms with Gasteiger partial charge in [0.2, 0.25) is 5.91 Å². The number of fused-ring (bicyclic) bond motifs is 2. The van der Waals surface area contributed by atoms with E-state index in [4.69, 9.17) is 16.2 Å². The number of hydrogen-bond acceptors (Lipinski definition) is 8. The quantitative estimate of drug-likeness (QED) is 0.162. The summed E-state index contributed by atoms with van der Waals surface area (Å²) in [6, 6.07) is 21.3. The number of carbonyl (C=O) groups excluding carboxylic acids is 2. The SMILES string of the molecule is CC(=O)Nc1ccc2nsc(N)c2c1.COc1ccc(NC(=O)c2cc3ccccc3c(N)c2O)cc1. The Hall–Kier alpha value is -4.83. The van der Waals surface area contributed by atoms with Crippen molar-refractivity contribution in [2.75, 3.05) is 29.2 Å². The normalized spacial score (nSPS) is 10.4. The van der Waals surface area contributed by atoms with E-state index < -0.39 is 5.91 Å². The number of aromatic hydroxyl groups is 1. The number of aromatic nitrogens is 1. The highest BCUT2D eigenvalue weighted by molar-refractivity contribution is 7.11. The van der Waals surface area contributed by atoms with Gasteiger partial charge in [-0.15, -0.1) is 0 Å².